The quantitative estimate of drug-likeness (QED) is 0.202. The maximum absolute atomic E-state index is 14.0. The van der Waals surface area contributed by atoms with Crippen LogP contribution in [0.1, 0.15) is 35.3 Å². The van der Waals surface area contributed by atoms with Gasteiger partial charge in [0.2, 0.25) is 11.8 Å². The number of carbonyl (C=O) groups is 3. The van der Waals surface area contributed by atoms with E-state index in [9.17, 15) is 19.2 Å². The molecule has 6 unspecified atom stereocenters. The average molecular weight is 702 g/mol. The second-order valence-electron chi connectivity index (χ2n) is 12.8. The zero-order valence-electron chi connectivity index (χ0n) is 26.1. The first-order valence-electron chi connectivity index (χ1n) is 16.0. The van der Waals surface area contributed by atoms with Gasteiger partial charge >= 0.3 is 4.87 Å². The summed E-state index contributed by atoms with van der Waals surface area (Å²) in [5.41, 5.74) is 3.22. The van der Waals surface area contributed by atoms with Gasteiger partial charge in [-0.3, -0.25) is 24.1 Å². The Balaban J connectivity index is 1.10. The summed E-state index contributed by atoms with van der Waals surface area (Å²) >= 11 is 8.95. The van der Waals surface area contributed by atoms with Gasteiger partial charge in [-0.25, -0.2) is 0 Å². The standard InChI is InChI=1S/C36H32ClN3O6S2/c1-3-45-25-14-18(7-12-24(25)46-16-26(41)38-20-6-4-5-17(2)13-20)27-28-22-15-23(31(28)47-33-32(27)48-36(44)39-33)30-29(22)34(42)40(35(30)43)21-10-8-19(37)9-11-21/h4-14,22-23,27-31H,3,15-16H2,1-2H3,(H,38,41)(H,39,44)/t22?,23?,27-,28?,29?,30?,31?/m1/s1. The van der Waals surface area contributed by atoms with Gasteiger partial charge in [0.1, 0.15) is 0 Å². The molecule has 2 aliphatic heterocycles. The van der Waals surface area contributed by atoms with Crippen molar-refractivity contribution in [2.45, 2.75) is 36.5 Å². The van der Waals surface area contributed by atoms with Crippen molar-refractivity contribution in [3.05, 3.63) is 97.4 Å². The first-order valence-corrected chi connectivity index (χ1v) is 18.1. The second kappa shape index (κ2) is 12.1. The molecule has 3 fully saturated rings. The summed E-state index contributed by atoms with van der Waals surface area (Å²) in [4.78, 5) is 58.6. The summed E-state index contributed by atoms with van der Waals surface area (Å²) in [6.45, 7) is 4.03. The van der Waals surface area contributed by atoms with E-state index in [2.05, 4.69) is 10.3 Å². The van der Waals surface area contributed by atoms with E-state index in [4.69, 9.17) is 21.1 Å². The van der Waals surface area contributed by atoms with E-state index < -0.39 is 5.92 Å². The Morgan fingerprint density at radius 1 is 0.979 bits per heavy atom. The predicted octanol–water partition coefficient (Wildman–Crippen LogP) is 6.49. The number of halogens is 1. The topological polar surface area (TPSA) is 118 Å². The Labute approximate surface area is 290 Å². The zero-order valence-corrected chi connectivity index (χ0v) is 28.5. The Kier molecular flexibility index (Phi) is 7.88. The highest BCUT2D eigenvalue weighted by atomic mass is 35.5. The van der Waals surface area contributed by atoms with E-state index in [-0.39, 0.29) is 64.0 Å². The first kappa shape index (κ1) is 31.2. The summed E-state index contributed by atoms with van der Waals surface area (Å²) in [7, 11) is 0. The number of anilines is 2. The lowest BCUT2D eigenvalue weighted by Gasteiger charge is -2.43. The number of amides is 3. The molecule has 0 spiro atoms. The molecule has 4 aliphatic rings. The third-order valence-electron chi connectivity index (χ3n) is 10.1. The summed E-state index contributed by atoms with van der Waals surface area (Å²) < 4.78 is 12.0. The number of hydrogen-bond donors (Lipinski definition) is 2. The monoisotopic (exact) mass is 701 g/mol. The van der Waals surface area contributed by atoms with Crippen molar-refractivity contribution in [3.8, 4) is 11.5 Å². The highest BCUT2D eigenvalue weighted by molar-refractivity contribution is 8.00. The number of nitrogens with one attached hydrogen (secondary N) is 2. The summed E-state index contributed by atoms with van der Waals surface area (Å²) in [5, 5.41) is 4.29. The van der Waals surface area contributed by atoms with E-state index in [1.54, 1.807) is 36.0 Å². The third kappa shape index (κ3) is 5.14. The number of thiazole rings is 1. The first-order chi connectivity index (χ1) is 23.2. The summed E-state index contributed by atoms with van der Waals surface area (Å²) in [6, 6.07) is 20.1. The average Bonchev–Trinajstić information content (AvgIpc) is 3.80. The molecular formula is C36H32ClN3O6S2. The molecule has 2 bridgehead atoms. The molecule has 12 heteroatoms. The predicted molar refractivity (Wildman–Crippen MR) is 185 cm³/mol. The van der Waals surface area contributed by atoms with Crippen LogP contribution >= 0.6 is 34.7 Å². The number of thioether (sulfide) groups is 1. The number of fused-ring (bicyclic) bond motifs is 9. The number of aromatic amines is 1. The van der Waals surface area contributed by atoms with Crippen LogP contribution < -0.4 is 24.6 Å². The van der Waals surface area contributed by atoms with Crippen LogP contribution in [-0.4, -0.2) is 41.2 Å². The van der Waals surface area contributed by atoms with Crippen LogP contribution in [-0.2, 0) is 14.4 Å². The number of aromatic nitrogens is 1. The van der Waals surface area contributed by atoms with E-state index in [1.165, 1.54) is 16.2 Å². The van der Waals surface area contributed by atoms with Gasteiger partial charge in [-0.1, -0.05) is 41.1 Å². The fourth-order valence-electron chi connectivity index (χ4n) is 8.40. The van der Waals surface area contributed by atoms with E-state index in [1.807, 2.05) is 56.3 Å². The summed E-state index contributed by atoms with van der Waals surface area (Å²) in [5.74, 6) is -0.639. The number of carbonyl (C=O) groups excluding carboxylic acids is 3. The third-order valence-corrected chi connectivity index (χ3v) is 12.9. The van der Waals surface area contributed by atoms with Crippen LogP contribution in [0.5, 0.6) is 11.5 Å². The number of ether oxygens (including phenoxy) is 2. The van der Waals surface area contributed by atoms with Crippen molar-refractivity contribution in [1.29, 1.82) is 0 Å². The van der Waals surface area contributed by atoms with Gasteiger partial charge in [-0.05, 0) is 97.7 Å². The van der Waals surface area contributed by atoms with Gasteiger partial charge < -0.3 is 19.8 Å². The molecule has 246 valence electrons. The molecule has 48 heavy (non-hydrogen) atoms. The van der Waals surface area contributed by atoms with Crippen molar-refractivity contribution < 1.29 is 23.9 Å². The maximum Gasteiger partial charge on any atom is 0.305 e. The van der Waals surface area contributed by atoms with Crippen LogP contribution in [0.15, 0.2) is 76.6 Å². The molecule has 7 atom stereocenters. The van der Waals surface area contributed by atoms with Gasteiger partial charge in [-0.2, -0.15) is 0 Å². The van der Waals surface area contributed by atoms with E-state index >= 15 is 0 Å². The Morgan fingerprint density at radius 3 is 2.50 bits per heavy atom. The fraction of sp³-hybridized carbons (Fsp3) is 0.333. The number of aryl methyl sites for hydroxylation is 1. The Morgan fingerprint density at radius 2 is 1.75 bits per heavy atom. The number of imide groups is 1. The van der Waals surface area contributed by atoms with Crippen molar-refractivity contribution in [2.75, 3.05) is 23.4 Å². The minimum absolute atomic E-state index is 0.00341. The fourth-order valence-corrected chi connectivity index (χ4v) is 11.4. The smallest absolute Gasteiger partial charge is 0.305 e. The minimum atomic E-state index is -0.416. The SMILES string of the molecule is CCOc1cc([C@H]2c3sc(=O)[nH]c3SC3C4CC(C5C(=O)N(c6ccc(Cl)cc6)C(=O)C45)C32)ccc1OCC(=O)Nc1cccc(C)c1. The molecule has 1 aromatic heterocycles. The second-order valence-corrected chi connectivity index (χ2v) is 15.4. The van der Waals surface area contributed by atoms with Gasteiger partial charge in [0.05, 0.1) is 29.2 Å². The number of hydrogen-bond acceptors (Lipinski definition) is 8. The molecule has 0 radical (unpaired) electrons. The lowest BCUT2D eigenvalue weighted by Crippen LogP contribution is -2.42. The lowest BCUT2D eigenvalue weighted by atomic mass is 9.68. The molecule has 2 aliphatic carbocycles. The van der Waals surface area contributed by atoms with E-state index in [0.717, 1.165) is 27.5 Å². The van der Waals surface area contributed by atoms with Gasteiger partial charge in [-0.15, -0.1) is 11.8 Å². The largest absolute Gasteiger partial charge is 0.490 e. The number of rotatable bonds is 8. The zero-order chi connectivity index (χ0) is 33.3. The molecule has 4 aromatic rings. The van der Waals surface area contributed by atoms with Crippen LogP contribution in [0.4, 0.5) is 11.4 Å². The molecule has 1 saturated heterocycles. The molecular weight excluding hydrogens is 670 g/mol. The summed E-state index contributed by atoms with van der Waals surface area (Å²) in [6.07, 6.45) is 0.787. The molecule has 9 nitrogen and oxygen atoms in total. The highest BCUT2D eigenvalue weighted by Crippen LogP contribution is 2.68. The van der Waals surface area contributed by atoms with Gasteiger partial charge in [0.25, 0.3) is 5.91 Å². The highest BCUT2D eigenvalue weighted by Gasteiger charge is 2.69. The molecule has 8 rings (SSSR count). The number of H-pyrrole nitrogens is 1. The number of nitrogens with zero attached hydrogens (tertiary/aromatic N) is 1. The Bertz CT molecular complexity index is 2010. The van der Waals surface area contributed by atoms with Crippen LogP contribution in [0.2, 0.25) is 5.02 Å². The molecule has 3 amide bonds. The molecule has 3 heterocycles. The number of benzene rings is 3. The van der Waals surface area contributed by atoms with Crippen molar-refractivity contribution >= 4 is 63.8 Å². The van der Waals surface area contributed by atoms with Gasteiger partial charge in [0.15, 0.2) is 18.1 Å². The van der Waals surface area contributed by atoms with Crippen LogP contribution in [0, 0.1) is 36.5 Å². The normalized spacial score (nSPS) is 26.6. The molecule has 2 saturated carbocycles. The van der Waals surface area contributed by atoms with E-state index in [0.29, 0.717) is 34.5 Å². The lowest BCUT2D eigenvalue weighted by molar-refractivity contribution is -0.123. The maximum atomic E-state index is 14.0. The molecule has 3 aromatic carbocycles. The van der Waals surface area contributed by atoms with Crippen molar-refractivity contribution in [3.63, 3.8) is 0 Å². The van der Waals surface area contributed by atoms with Crippen LogP contribution in [0.25, 0.3) is 0 Å². The Hall–Kier alpha value is -4.06. The van der Waals surface area contributed by atoms with Crippen molar-refractivity contribution in [2.24, 2.45) is 29.6 Å². The van der Waals surface area contributed by atoms with Crippen molar-refractivity contribution in [1.82, 2.24) is 4.98 Å². The molecule has 2 N–H and O–H groups in total. The van der Waals surface area contributed by atoms with Gasteiger partial charge in [0, 0.05) is 26.8 Å². The van der Waals surface area contributed by atoms with Crippen LogP contribution in [0.3, 0.4) is 0 Å². The minimum Gasteiger partial charge on any atom is -0.490 e.